The maximum atomic E-state index is 5.25. The molecule has 0 aliphatic heterocycles. The van der Waals surface area contributed by atoms with Crippen LogP contribution in [0.2, 0.25) is 0 Å². The highest BCUT2D eigenvalue weighted by Gasteiger charge is 2.15. The Morgan fingerprint density at radius 3 is 1.89 bits per heavy atom. The molecule has 0 unspecified atom stereocenters. The van der Waals surface area contributed by atoms with E-state index in [9.17, 15) is 0 Å². The highest BCUT2D eigenvalue weighted by Crippen LogP contribution is 2.09. The van der Waals surface area contributed by atoms with Crippen LogP contribution in [0.3, 0.4) is 0 Å². The van der Waals surface area contributed by atoms with Crippen LogP contribution in [-0.4, -0.2) is 17.0 Å². The molecule has 1 heteroatoms. The molecule has 0 aromatic heterocycles. The molecule has 0 aromatic carbocycles. The van der Waals surface area contributed by atoms with Gasteiger partial charge in [0, 0.05) is 18.1 Å². The minimum absolute atomic E-state index is 0.115. The van der Waals surface area contributed by atoms with E-state index in [0.29, 0.717) is 0 Å². The summed E-state index contributed by atoms with van der Waals surface area (Å²) in [6, 6.07) is 2.62. The van der Waals surface area contributed by atoms with Crippen molar-refractivity contribution < 1.29 is 0 Å². The molecule has 52 valence electrons. The molecule has 0 aromatic rings. The average molecular weight is 125 g/mol. The van der Waals surface area contributed by atoms with Gasteiger partial charge in [0.15, 0.2) is 0 Å². The standard InChI is InChI=1S/C8H15N/c1-6-9(7-2)8(3,4)5/h1H,7H2,2-5H3. The normalized spacial score (nSPS) is 10.6. The second-order valence-corrected chi connectivity index (χ2v) is 3.04. The molecule has 0 N–H and O–H groups in total. The molecular weight excluding hydrogens is 110 g/mol. The lowest BCUT2D eigenvalue weighted by Crippen LogP contribution is -2.37. The van der Waals surface area contributed by atoms with E-state index in [-0.39, 0.29) is 5.54 Å². The van der Waals surface area contributed by atoms with Crippen molar-refractivity contribution in [3.8, 4) is 12.5 Å². The number of rotatable bonds is 1. The van der Waals surface area contributed by atoms with Gasteiger partial charge in [0.05, 0.1) is 0 Å². The second kappa shape index (κ2) is 2.77. The lowest BCUT2D eigenvalue weighted by Gasteiger charge is -2.30. The van der Waals surface area contributed by atoms with E-state index in [1.165, 1.54) is 0 Å². The summed E-state index contributed by atoms with van der Waals surface area (Å²) < 4.78 is 0. The Morgan fingerprint density at radius 1 is 1.44 bits per heavy atom. The first kappa shape index (κ1) is 8.36. The molecule has 0 amide bonds. The van der Waals surface area contributed by atoms with E-state index in [2.05, 4.69) is 33.7 Å². The summed E-state index contributed by atoms with van der Waals surface area (Å²) >= 11 is 0. The van der Waals surface area contributed by atoms with Crippen molar-refractivity contribution in [1.82, 2.24) is 4.90 Å². The Balaban J connectivity index is 4.00. The number of hydrogen-bond acceptors (Lipinski definition) is 1. The molecule has 0 radical (unpaired) electrons. The topological polar surface area (TPSA) is 3.24 Å². The zero-order chi connectivity index (χ0) is 7.49. The van der Waals surface area contributed by atoms with Crippen LogP contribution in [-0.2, 0) is 0 Å². The summed E-state index contributed by atoms with van der Waals surface area (Å²) in [5.41, 5.74) is 0.115. The second-order valence-electron chi connectivity index (χ2n) is 3.04. The van der Waals surface area contributed by atoms with Crippen LogP contribution < -0.4 is 0 Å². The fourth-order valence-electron chi connectivity index (χ4n) is 0.759. The Bertz CT molecular complexity index is 114. The largest absolute Gasteiger partial charge is 0.328 e. The average Bonchev–Trinajstić information content (AvgIpc) is 1.65. The predicted octanol–water partition coefficient (Wildman–Crippen LogP) is 1.70. The SMILES string of the molecule is C#CN(CC)C(C)(C)C. The number of terminal acetylenes is 1. The Hall–Kier alpha value is -0.640. The van der Waals surface area contributed by atoms with Gasteiger partial charge in [-0.25, -0.2) is 0 Å². The zero-order valence-electron chi connectivity index (χ0n) is 6.73. The summed E-state index contributed by atoms with van der Waals surface area (Å²) in [4.78, 5) is 1.97. The summed E-state index contributed by atoms with van der Waals surface area (Å²) in [5, 5.41) is 0. The van der Waals surface area contributed by atoms with Crippen LogP contribution in [0.1, 0.15) is 27.7 Å². The highest BCUT2D eigenvalue weighted by atomic mass is 15.2. The van der Waals surface area contributed by atoms with Crippen LogP contribution in [0.4, 0.5) is 0 Å². The lowest BCUT2D eigenvalue weighted by molar-refractivity contribution is 0.232. The number of nitrogens with zero attached hydrogens (tertiary/aromatic N) is 1. The van der Waals surface area contributed by atoms with Crippen molar-refractivity contribution in [3.05, 3.63) is 0 Å². The molecule has 1 nitrogen and oxygen atoms in total. The molecule has 0 spiro atoms. The fraction of sp³-hybridized carbons (Fsp3) is 0.750. The third-order valence-corrected chi connectivity index (χ3v) is 1.28. The molecule has 9 heavy (non-hydrogen) atoms. The van der Waals surface area contributed by atoms with Gasteiger partial charge in [0.2, 0.25) is 0 Å². The molecule has 0 saturated heterocycles. The van der Waals surface area contributed by atoms with E-state index in [4.69, 9.17) is 6.42 Å². The van der Waals surface area contributed by atoms with Crippen molar-refractivity contribution in [1.29, 1.82) is 0 Å². The summed E-state index contributed by atoms with van der Waals surface area (Å²) in [6.45, 7) is 9.30. The summed E-state index contributed by atoms with van der Waals surface area (Å²) in [6.07, 6.45) is 5.25. The minimum atomic E-state index is 0.115. The van der Waals surface area contributed by atoms with Crippen molar-refractivity contribution in [2.24, 2.45) is 0 Å². The van der Waals surface area contributed by atoms with Crippen LogP contribution >= 0.6 is 0 Å². The Kier molecular flexibility index (Phi) is 2.58. The van der Waals surface area contributed by atoms with Crippen LogP contribution in [0.15, 0.2) is 0 Å². The van der Waals surface area contributed by atoms with E-state index in [1.54, 1.807) is 0 Å². The molecule has 0 aliphatic carbocycles. The van der Waals surface area contributed by atoms with Gasteiger partial charge in [0.25, 0.3) is 0 Å². The number of hydrogen-bond donors (Lipinski definition) is 0. The molecular formula is C8H15N. The van der Waals surface area contributed by atoms with Crippen LogP contribution in [0, 0.1) is 12.5 Å². The van der Waals surface area contributed by atoms with Crippen LogP contribution in [0.25, 0.3) is 0 Å². The van der Waals surface area contributed by atoms with E-state index in [1.807, 2.05) is 4.90 Å². The van der Waals surface area contributed by atoms with Crippen molar-refractivity contribution in [2.75, 3.05) is 6.54 Å². The van der Waals surface area contributed by atoms with Gasteiger partial charge in [-0.15, -0.1) is 0 Å². The van der Waals surface area contributed by atoms with E-state index < -0.39 is 0 Å². The molecule has 0 bridgehead atoms. The van der Waals surface area contributed by atoms with E-state index in [0.717, 1.165) is 6.54 Å². The van der Waals surface area contributed by atoms with Gasteiger partial charge < -0.3 is 4.90 Å². The van der Waals surface area contributed by atoms with E-state index >= 15 is 0 Å². The van der Waals surface area contributed by atoms with Crippen molar-refractivity contribution >= 4 is 0 Å². The smallest absolute Gasteiger partial charge is 0.0396 e. The molecule has 0 saturated carbocycles. The van der Waals surface area contributed by atoms with Gasteiger partial charge in [0.1, 0.15) is 0 Å². The third-order valence-electron chi connectivity index (χ3n) is 1.28. The molecule has 0 rings (SSSR count). The predicted molar refractivity (Wildman–Crippen MR) is 41.0 cm³/mol. The third kappa shape index (κ3) is 2.41. The van der Waals surface area contributed by atoms with Crippen LogP contribution in [0.5, 0.6) is 0 Å². The molecule has 0 aliphatic rings. The van der Waals surface area contributed by atoms with Gasteiger partial charge in [-0.05, 0) is 27.7 Å². The van der Waals surface area contributed by atoms with Gasteiger partial charge in [-0.2, -0.15) is 0 Å². The lowest BCUT2D eigenvalue weighted by atomic mass is 10.1. The van der Waals surface area contributed by atoms with Gasteiger partial charge in [-0.1, -0.05) is 6.42 Å². The fourth-order valence-corrected chi connectivity index (χ4v) is 0.759. The maximum absolute atomic E-state index is 5.25. The summed E-state index contributed by atoms with van der Waals surface area (Å²) in [5.74, 6) is 0. The Labute approximate surface area is 58.1 Å². The molecule has 0 fully saturated rings. The first-order valence-electron chi connectivity index (χ1n) is 3.26. The first-order valence-corrected chi connectivity index (χ1v) is 3.26. The quantitative estimate of drug-likeness (QED) is 0.381. The van der Waals surface area contributed by atoms with Crippen molar-refractivity contribution in [2.45, 2.75) is 33.2 Å². The van der Waals surface area contributed by atoms with Gasteiger partial charge in [-0.3, -0.25) is 0 Å². The summed E-state index contributed by atoms with van der Waals surface area (Å²) in [7, 11) is 0. The maximum Gasteiger partial charge on any atom is 0.0396 e. The monoisotopic (exact) mass is 125 g/mol. The molecule has 0 heterocycles. The minimum Gasteiger partial charge on any atom is -0.328 e. The highest BCUT2D eigenvalue weighted by molar-refractivity contribution is 4.92. The first-order chi connectivity index (χ1) is 4.02. The zero-order valence-corrected chi connectivity index (χ0v) is 6.73. The Morgan fingerprint density at radius 2 is 1.89 bits per heavy atom. The van der Waals surface area contributed by atoms with Crippen molar-refractivity contribution in [3.63, 3.8) is 0 Å². The molecule has 0 atom stereocenters. The van der Waals surface area contributed by atoms with Gasteiger partial charge >= 0.3 is 0 Å².